The summed E-state index contributed by atoms with van der Waals surface area (Å²) in [6, 6.07) is 0. The van der Waals surface area contributed by atoms with Crippen molar-refractivity contribution in [1.82, 2.24) is 0 Å². The van der Waals surface area contributed by atoms with Gasteiger partial charge in [-0.3, -0.25) is 4.79 Å². The number of sulfone groups is 1. The van der Waals surface area contributed by atoms with Gasteiger partial charge in [0.15, 0.2) is 9.84 Å². The molecule has 0 spiro atoms. The van der Waals surface area contributed by atoms with Crippen molar-refractivity contribution in [3.05, 3.63) is 0 Å². The molecule has 0 amide bonds. The van der Waals surface area contributed by atoms with Crippen LogP contribution in [0.1, 0.15) is 20.3 Å². The van der Waals surface area contributed by atoms with Gasteiger partial charge in [-0.05, 0) is 12.3 Å². The minimum Gasteiger partial charge on any atom is -0.481 e. The van der Waals surface area contributed by atoms with E-state index in [2.05, 4.69) is 0 Å². The molecule has 88 valence electrons. The van der Waals surface area contributed by atoms with Crippen LogP contribution in [0.3, 0.4) is 0 Å². The van der Waals surface area contributed by atoms with Gasteiger partial charge in [0.1, 0.15) is 0 Å². The number of carbonyl (C=O) groups is 1. The Labute approximate surface area is 89.0 Å². The fourth-order valence-corrected chi connectivity index (χ4v) is 4.13. The molecule has 0 radical (unpaired) electrons. The van der Waals surface area contributed by atoms with E-state index in [1.165, 1.54) is 0 Å². The summed E-state index contributed by atoms with van der Waals surface area (Å²) in [5.41, 5.74) is -1.60. The van der Waals surface area contributed by atoms with Crippen LogP contribution < -0.4 is 0 Å². The Balaban J connectivity index is 2.99. The molecule has 0 aromatic carbocycles. The first-order valence-corrected chi connectivity index (χ1v) is 6.66. The van der Waals surface area contributed by atoms with Crippen LogP contribution in [0.15, 0.2) is 0 Å². The molecule has 1 aliphatic heterocycles. The second kappa shape index (κ2) is 3.75. The van der Waals surface area contributed by atoms with Gasteiger partial charge in [-0.15, -0.1) is 0 Å². The highest BCUT2D eigenvalue weighted by molar-refractivity contribution is 7.91. The number of rotatable bonds is 3. The predicted octanol–water partition coefficient (Wildman–Crippen LogP) is -0.107. The van der Waals surface area contributed by atoms with Crippen LogP contribution in [0.25, 0.3) is 0 Å². The van der Waals surface area contributed by atoms with Crippen LogP contribution in [0.5, 0.6) is 0 Å². The Hall–Kier alpha value is -0.620. The molecule has 1 heterocycles. The molecule has 2 atom stereocenters. The van der Waals surface area contributed by atoms with Gasteiger partial charge in [0.25, 0.3) is 0 Å². The maximum absolute atomic E-state index is 11.2. The molecule has 0 bridgehead atoms. The van der Waals surface area contributed by atoms with Gasteiger partial charge in [-0.1, -0.05) is 13.8 Å². The fraction of sp³-hybridized carbons (Fsp3) is 0.889. The lowest BCUT2D eigenvalue weighted by Gasteiger charge is -2.30. The number of aliphatic hydroxyl groups is 1. The summed E-state index contributed by atoms with van der Waals surface area (Å²) >= 11 is 0. The summed E-state index contributed by atoms with van der Waals surface area (Å²) in [5.74, 6) is -3.00. The second-order valence-corrected chi connectivity index (χ2v) is 6.69. The highest BCUT2D eigenvalue weighted by atomic mass is 32.2. The van der Waals surface area contributed by atoms with E-state index in [9.17, 15) is 18.3 Å². The zero-order chi connectivity index (χ0) is 11.9. The Morgan fingerprint density at radius 3 is 2.20 bits per heavy atom. The van der Waals surface area contributed by atoms with Crippen molar-refractivity contribution >= 4 is 15.8 Å². The van der Waals surface area contributed by atoms with E-state index in [-0.39, 0.29) is 18.1 Å². The Kier molecular flexibility index (Phi) is 3.11. The van der Waals surface area contributed by atoms with Crippen LogP contribution in [0.4, 0.5) is 0 Å². The number of aliphatic carboxylic acids is 1. The van der Waals surface area contributed by atoms with E-state index in [1.54, 1.807) is 13.8 Å². The first-order chi connectivity index (χ1) is 6.68. The van der Waals surface area contributed by atoms with E-state index in [4.69, 9.17) is 5.11 Å². The van der Waals surface area contributed by atoms with Crippen molar-refractivity contribution in [1.29, 1.82) is 0 Å². The van der Waals surface area contributed by atoms with Crippen LogP contribution >= 0.6 is 0 Å². The highest BCUT2D eigenvalue weighted by Gasteiger charge is 2.50. The van der Waals surface area contributed by atoms with E-state index >= 15 is 0 Å². The summed E-state index contributed by atoms with van der Waals surface area (Å²) in [6.45, 7) is 3.34. The first-order valence-electron chi connectivity index (χ1n) is 4.83. The Morgan fingerprint density at radius 1 is 1.40 bits per heavy atom. The third-order valence-corrected chi connectivity index (χ3v) is 4.59. The molecule has 0 aliphatic carbocycles. The minimum atomic E-state index is -3.28. The summed E-state index contributed by atoms with van der Waals surface area (Å²) in [6.07, 6.45) is 0.0183. The lowest BCUT2D eigenvalue weighted by atomic mass is 9.79. The molecular weight excluding hydrogens is 220 g/mol. The molecular formula is C9H16O5S. The Bertz CT molecular complexity index is 359. The maximum Gasteiger partial charge on any atom is 0.309 e. The van der Waals surface area contributed by atoms with Gasteiger partial charge in [-0.2, -0.15) is 0 Å². The fourth-order valence-electron chi connectivity index (χ4n) is 2.24. The lowest BCUT2D eigenvalue weighted by Crippen LogP contribution is -2.46. The molecule has 1 aliphatic rings. The van der Waals surface area contributed by atoms with E-state index in [1.807, 2.05) is 0 Å². The summed E-state index contributed by atoms with van der Waals surface area (Å²) in [5, 5.41) is 19.1. The third kappa shape index (κ3) is 2.49. The molecule has 0 saturated carbocycles. The van der Waals surface area contributed by atoms with Crippen LogP contribution in [0.2, 0.25) is 0 Å². The molecule has 15 heavy (non-hydrogen) atoms. The maximum atomic E-state index is 11.2. The monoisotopic (exact) mass is 236 g/mol. The zero-order valence-corrected chi connectivity index (χ0v) is 9.62. The molecule has 1 fully saturated rings. The van der Waals surface area contributed by atoms with Crippen molar-refractivity contribution in [2.75, 3.05) is 11.5 Å². The van der Waals surface area contributed by atoms with Gasteiger partial charge in [0.05, 0.1) is 23.0 Å². The second-order valence-electron chi connectivity index (χ2n) is 4.51. The van der Waals surface area contributed by atoms with Gasteiger partial charge in [-0.25, -0.2) is 8.42 Å². The van der Waals surface area contributed by atoms with Crippen molar-refractivity contribution < 1.29 is 23.4 Å². The van der Waals surface area contributed by atoms with Crippen molar-refractivity contribution in [3.8, 4) is 0 Å². The molecule has 1 rings (SSSR count). The largest absolute Gasteiger partial charge is 0.481 e. The smallest absolute Gasteiger partial charge is 0.309 e. The summed E-state index contributed by atoms with van der Waals surface area (Å²) < 4.78 is 22.5. The number of hydrogen-bond acceptors (Lipinski definition) is 4. The molecule has 2 N–H and O–H groups in total. The van der Waals surface area contributed by atoms with Gasteiger partial charge in [0.2, 0.25) is 0 Å². The van der Waals surface area contributed by atoms with Gasteiger partial charge >= 0.3 is 5.97 Å². The minimum absolute atomic E-state index is 0.0183. The topological polar surface area (TPSA) is 91.7 Å². The zero-order valence-electron chi connectivity index (χ0n) is 8.80. The average molecular weight is 236 g/mol. The third-order valence-electron chi connectivity index (χ3n) is 2.83. The number of hydrogen-bond donors (Lipinski definition) is 2. The first kappa shape index (κ1) is 12.4. The van der Waals surface area contributed by atoms with Crippen LogP contribution in [0, 0.1) is 11.8 Å². The summed E-state index contributed by atoms with van der Waals surface area (Å²) in [4.78, 5) is 11.0. The van der Waals surface area contributed by atoms with Gasteiger partial charge < -0.3 is 10.2 Å². The van der Waals surface area contributed by atoms with Crippen molar-refractivity contribution in [2.45, 2.75) is 25.9 Å². The predicted molar refractivity (Wildman–Crippen MR) is 54.2 cm³/mol. The summed E-state index contributed by atoms with van der Waals surface area (Å²) in [7, 11) is -3.28. The molecule has 6 heteroatoms. The molecule has 0 aromatic rings. The molecule has 0 aromatic heterocycles. The molecule has 1 saturated heterocycles. The van der Waals surface area contributed by atoms with Crippen molar-refractivity contribution in [2.24, 2.45) is 11.8 Å². The molecule has 5 nitrogen and oxygen atoms in total. The van der Waals surface area contributed by atoms with Crippen molar-refractivity contribution in [3.63, 3.8) is 0 Å². The van der Waals surface area contributed by atoms with E-state index < -0.39 is 33.1 Å². The van der Waals surface area contributed by atoms with Crippen LogP contribution in [-0.2, 0) is 14.6 Å². The SMILES string of the molecule is CC(C)C(C(=O)O)C1(O)CCS(=O)(=O)C1. The number of carboxylic acids is 1. The number of carboxylic acid groups (broad SMARTS) is 1. The highest BCUT2D eigenvalue weighted by Crippen LogP contribution is 2.35. The van der Waals surface area contributed by atoms with Crippen LogP contribution in [-0.4, -0.2) is 41.7 Å². The van der Waals surface area contributed by atoms with E-state index in [0.717, 1.165) is 0 Å². The molecule has 2 unspecified atom stereocenters. The standard InChI is InChI=1S/C9H16O5S/c1-6(2)7(8(10)11)9(12)3-4-15(13,14)5-9/h6-7,12H,3-5H2,1-2H3,(H,10,11). The quantitative estimate of drug-likeness (QED) is 0.713. The Morgan fingerprint density at radius 2 is 1.93 bits per heavy atom. The van der Waals surface area contributed by atoms with E-state index in [0.29, 0.717) is 0 Å². The average Bonchev–Trinajstić information content (AvgIpc) is 2.23. The lowest BCUT2D eigenvalue weighted by molar-refractivity contribution is -0.153. The van der Waals surface area contributed by atoms with Gasteiger partial charge in [0, 0.05) is 0 Å². The normalized spacial score (nSPS) is 31.7.